The van der Waals surface area contributed by atoms with Crippen molar-refractivity contribution in [1.29, 1.82) is 0 Å². The van der Waals surface area contributed by atoms with Crippen molar-refractivity contribution >= 4 is 5.91 Å². The zero-order valence-corrected chi connectivity index (χ0v) is 17.4. The van der Waals surface area contributed by atoms with E-state index in [0.717, 1.165) is 12.8 Å². The number of amides is 1. The number of benzene rings is 1. The Morgan fingerprint density at radius 3 is 2.21 bits per heavy atom. The standard InChI is InChI=1S/C22H30FN3O2/c1-15(2)10-12-25(13-11-16(3)4)22(28)21-20(27)14-17(5)26(24-21)19-9-7-6-8-18(19)23/h6-9,14-16H,10-13H2,1-5H3. The molecule has 0 fully saturated rings. The number of rotatable bonds is 8. The first-order chi connectivity index (χ1) is 13.2. The molecular formula is C22H30FN3O2. The van der Waals surface area contributed by atoms with Gasteiger partial charge >= 0.3 is 0 Å². The van der Waals surface area contributed by atoms with Crippen molar-refractivity contribution in [3.8, 4) is 5.69 Å². The normalized spacial score (nSPS) is 11.3. The van der Waals surface area contributed by atoms with Gasteiger partial charge in [-0.15, -0.1) is 0 Å². The van der Waals surface area contributed by atoms with E-state index < -0.39 is 17.2 Å². The lowest BCUT2D eigenvalue weighted by molar-refractivity contribution is 0.0731. The molecule has 1 amide bonds. The third-order valence-electron chi connectivity index (χ3n) is 4.63. The maximum atomic E-state index is 14.2. The van der Waals surface area contributed by atoms with Crippen LogP contribution in [0.5, 0.6) is 0 Å². The molecule has 152 valence electrons. The minimum Gasteiger partial charge on any atom is -0.337 e. The van der Waals surface area contributed by atoms with Gasteiger partial charge in [0.05, 0.1) is 0 Å². The van der Waals surface area contributed by atoms with Gasteiger partial charge in [0.15, 0.2) is 5.69 Å². The summed E-state index contributed by atoms with van der Waals surface area (Å²) in [5.41, 5.74) is 0.0862. The first-order valence-electron chi connectivity index (χ1n) is 9.85. The monoisotopic (exact) mass is 387 g/mol. The Morgan fingerprint density at radius 1 is 1.11 bits per heavy atom. The minimum atomic E-state index is -0.461. The molecule has 6 heteroatoms. The maximum absolute atomic E-state index is 14.2. The number of halogens is 1. The van der Waals surface area contributed by atoms with Crippen molar-refractivity contribution in [2.24, 2.45) is 11.8 Å². The fourth-order valence-corrected chi connectivity index (χ4v) is 2.86. The minimum absolute atomic E-state index is 0.165. The predicted molar refractivity (Wildman–Crippen MR) is 109 cm³/mol. The zero-order chi connectivity index (χ0) is 20.8. The number of aryl methyl sites for hydroxylation is 1. The van der Waals surface area contributed by atoms with E-state index in [1.165, 1.54) is 16.8 Å². The number of carbonyl (C=O) groups is 1. The number of hydrogen-bond donors (Lipinski definition) is 0. The predicted octanol–water partition coefficient (Wildman–Crippen LogP) is 4.21. The molecule has 2 aromatic rings. The highest BCUT2D eigenvalue weighted by molar-refractivity contribution is 5.92. The van der Waals surface area contributed by atoms with Gasteiger partial charge in [-0.05, 0) is 43.7 Å². The lowest BCUT2D eigenvalue weighted by atomic mass is 10.1. The largest absolute Gasteiger partial charge is 0.337 e. The van der Waals surface area contributed by atoms with Crippen LogP contribution in [0.15, 0.2) is 35.1 Å². The molecule has 0 saturated heterocycles. The lowest BCUT2D eigenvalue weighted by Gasteiger charge is -2.24. The summed E-state index contributed by atoms with van der Waals surface area (Å²) in [5, 5.41) is 4.25. The molecule has 0 atom stereocenters. The topological polar surface area (TPSA) is 55.2 Å². The molecule has 1 aromatic carbocycles. The summed E-state index contributed by atoms with van der Waals surface area (Å²) in [6.07, 6.45) is 1.69. The van der Waals surface area contributed by atoms with E-state index in [0.29, 0.717) is 30.6 Å². The van der Waals surface area contributed by atoms with Crippen LogP contribution in [0.1, 0.15) is 56.7 Å². The van der Waals surface area contributed by atoms with Crippen LogP contribution in [0.3, 0.4) is 0 Å². The van der Waals surface area contributed by atoms with Gasteiger partial charge in [-0.2, -0.15) is 5.10 Å². The van der Waals surface area contributed by atoms with Crippen molar-refractivity contribution in [2.75, 3.05) is 13.1 Å². The van der Waals surface area contributed by atoms with Gasteiger partial charge < -0.3 is 4.90 Å². The highest BCUT2D eigenvalue weighted by atomic mass is 19.1. The Balaban J connectivity index is 2.42. The second kappa shape index (κ2) is 9.62. The molecule has 0 N–H and O–H groups in total. The number of para-hydroxylation sites is 1. The van der Waals surface area contributed by atoms with E-state index in [1.807, 2.05) is 0 Å². The first-order valence-corrected chi connectivity index (χ1v) is 9.85. The smallest absolute Gasteiger partial charge is 0.278 e. The third kappa shape index (κ3) is 5.50. The van der Waals surface area contributed by atoms with Crippen LogP contribution in [-0.2, 0) is 0 Å². The average molecular weight is 387 g/mol. The van der Waals surface area contributed by atoms with E-state index in [9.17, 15) is 14.0 Å². The SMILES string of the molecule is Cc1cc(=O)c(C(=O)N(CCC(C)C)CCC(C)C)nn1-c1ccccc1F. The highest BCUT2D eigenvalue weighted by Gasteiger charge is 2.22. The van der Waals surface area contributed by atoms with Crippen molar-refractivity contribution in [1.82, 2.24) is 14.7 Å². The highest BCUT2D eigenvalue weighted by Crippen LogP contribution is 2.14. The van der Waals surface area contributed by atoms with E-state index in [2.05, 4.69) is 32.8 Å². The maximum Gasteiger partial charge on any atom is 0.278 e. The molecule has 0 saturated carbocycles. The van der Waals surface area contributed by atoms with E-state index in [1.54, 1.807) is 30.0 Å². The van der Waals surface area contributed by atoms with Crippen LogP contribution >= 0.6 is 0 Å². The molecule has 0 unspecified atom stereocenters. The molecule has 1 aromatic heterocycles. The molecule has 0 aliphatic rings. The van der Waals surface area contributed by atoms with E-state index >= 15 is 0 Å². The molecule has 1 heterocycles. The van der Waals surface area contributed by atoms with Crippen LogP contribution in [0.4, 0.5) is 4.39 Å². The summed E-state index contributed by atoms with van der Waals surface area (Å²) in [5.74, 6) is 0.0267. The van der Waals surface area contributed by atoms with Gasteiger partial charge in [0, 0.05) is 24.8 Å². The van der Waals surface area contributed by atoms with Crippen LogP contribution in [-0.4, -0.2) is 33.7 Å². The summed E-state index contributed by atoms with van der Waals surface area (Å²) in [6.45, 7) is 11.2. The van der Waals surface area contributed by atoms with Crippen molar-refractivity contribution < 1.29 is 9.18 Å². The quantitative estimate of drug-likeness (QED) is 0.682. The molecular weight excluding hydrogens is 357 g/mol. The Kier molecular flexibility index (Phi) is 7.49. The Labute approximate surface area is 166 Å². The van der Waals surface area contributed by atoms with Gasteiger partial charge in [0.25, 0.3) is 5.91 Å². The number of hydrogen-bond acceptors (Lipinski definition) is 3. The summed E-state index contributed by atoms with van der Waals surface area (Å²) in [7, 11) is 0. The molecule has 0 aliphatic heterocycles. The summed E-state index contributed by atoms with van der Waals surface area (Å²) in [6, 6.07) is 7.52. The summed E-state index contributed by atoms with van der Waals surface area (Å²) >= 11 is 0. The van der Waals surface area contributed by atoms with Crippen molar-refractivity contribution in [2.45, 2.75) is 47.5 Å². The third-order valence-corrected chi connectivity index (χ3v) is 4.63. The molecule has 0 spiro atoms. The zero-order valence-electron chi connectivity index (χ0n) is 17.4. The molecule has 28 heavy (non-hydrogen) atoms. The van der Waals surface area contributed by atoms with E-state index in [4.69, 9.17) is 0 Å². The van der Waals surface area contributed by atoms with Gasteiger partial charge in [0.2, 0.25) is 5.43 Å². The summed E-state index contributed by atoms with van der Waals surface area (Å²) in [4.78, 5) is 27.3. The average Bonchev–Trinajstić information content (AvgIpc) is 2.62. The second-order valence-electron chi connectivity index (χ2n) is 8.02. The van der Waals surface area contributed by atoms with Gasteiger partial charge in [-0.3, -0.25) is 9.59 Å². The number of aromatic nitrogens is 2. The number of nitrogens with zero attached hydrogens (tertiary/aromatic N) is 3. The van der Waals surface area contributed by atoms with E-state index in [-0.39, 0.29) is 11.4 Å². The van der Waals surface area contributed by atoms with Crippen LogP contribution in [0.2, 0.25) is 0 Å². The number of carbonyl (C=O) groups excluding carboxylic acids is 1. The second-order valence-corrected chi connectivity index (χ2v) is 8.02. The Morgan fingerprint density at radius 2 is 1.68 bits per heavy atom. The Hall–Kier alpha value is -2.50. The van der Waals surface area contributed by atoms with Gasteiger partial charge in [-0.1, -0.05) is 39.8 Å². The van der Waals surface area contributed by atoms with Crippen LogP contribution < -0.4 is 5.43 Å². The fraction of sp³-hybridized carbons (Fsp3) is 0.500. The van der Waals surface area contributed by atoms with Crippen LogP contribution in [0.25, 0.3) is 5.69 Å². The fourth-order valence-electron chi connectivity index (χ4n) is 2.86. The van der Waals surface area contributed by atoms with Gasteiger partial charge in [0.1, 0.15) is 11.5 Å². The molecule has 2 rings (SSSR count). The summed E-state index contributed by atoms with van der Waals surface area (Å²) < 4.78 is 15.6. The van der Waals surface area contributed by atoms with Gasteiger partial charge in [-0.25, -0.2) is 9.07 Å². The Bertz CT molecular complexity index is 862. The first kappa shape index (κ1) is 21.8. The van der Waals surface area contributed by atoms with Crippen molar-refractivity contribution in [3.63, 3.8) is 0 Å². The molecule has 0 aliphatic carbocycles. The molecule has 5 nitrogen and oxygen atoms in total. The van der Waals surface area contributed by atoms with Crippen molar-refractivity contribution in [3.05, 3.63) is 57.8 Å². The molecule has 0 radical (unpaired) electrons. The van der Waals surface area contributed by atoms with Crippen LogP contribution in [0, 0.1) is 24.6 Å². The lowest BCUT2D eigenvalue weighted by Crippen LogP contribution is -2.38. The molecule has 0 bridgehead atoms.